The molecule has 0 aromatic heterocycles. The molecule has 2 rings (SSSR count). The maximum absolute atomic E-state index is 5.21. The summed E-state index contributed by atoms with van der Waals surface area (Å²) in [6, 6.07) is 9.59. The van der Waals surface area contributed by atoms with E-state index in [0.717, 1.165) is 25.4 Å². The van der Waals surface area contributed by atoms with Gasteiger partial charge in [-0.15, -0.1) is 0 Å². The lowest BCUT2D eigenvalue weighted by Gasteiger charge is -2.43. The first-order valence-electron chi connectivity index (χ1n) is 6.76. The van der Waals surface area contributed by atoms with Gasteiger partial charge in [-0.05, 0) is 45.0 Å². The van der Waals surface area contributed by atoms with Crippen LogP contribution in [-0.2, 0) is 0 Å². The van der Waals surface area contributed by atoms with E-state index >= 15 is 0 Å². The van der Waals surface area contributed by atoms with E-state index in [4.69, 9.17) is 4.74 Å². The van der Waals surface area contributed by atoms with Gasteiger partial charge < -0.3 is 9.64 Å². The molecule has 1 aliphatic rings. The molecule has 1 atom stereocenters. The molecule has 18 heavy (non-hydrogen) atoms. The summed E-state index contributed by atoms with van der Waals surface area (Å²) >= 11 is 0. The lowest BCUT2D eigenvalue weighted by atomic mass is 10.1. The Morgan fingerprint density at radius 1 is 1.17 bits per heavy atom. The van der Waals surface area contributed by atoms with Gasteiger partial charge in [0.1, 0.15) is 5.75 Å². The van der Waals surface area contributed by atoms with Crippen molar-refractivity contribution in [2.45, 2.75) is 32.9 Å². The van der Waals surface area contributed by atoms with Crippen LogP contribution in [0.4, 0.5) is 5.69 Å². The molecule has 3 heteroatoms. The number of hydrogen-bond donors (Lipinski definition) is 0. The molecule has 1 saturated heterocycles. The van der Waals surface area contributed by atoms with E-state index in [0.29, 0.717) is 12.1 Å². The van der Waals surface area contributed by atoms with E-state index < -0.39 is 0 Å². The normalized spacial score (nSPS) is 21.4. The summed E-state index contributed by atoms with van der Waals surface area (Å²) in [4.78, 5) is 5.03. The van der Waals surface area contributed by atoms with Crippen molar-refractivity contribution in [3.05, 3.63) is 24.3 Å². The molecule has 0 bridgehead atoms. The van der Waals surface area contributed by atoms with E-state index in [-0.39, 0.29) is 0 Å². The number of nitrogens with zero attached hydrogens (tertiary/aromatic N) is 2. The molecule has 0 aliphatic carbocycles. The zero-order valence-electron chi connectivity index (χ0n) is 11.9. The highest BCUT2D eigenvalue weighted by Gasteiger charge is 2.24. The highest BCUT2D eigenvalue weighted by Crippen LogP contribution is 2.23. The zero-order chi connectivity index (χ0) is 13.1. The first-order chi connectivity index (χ1) is 8.61. The molecule has 1 aromatic rings. The fraction of sp³-hybridized carbons (Fsp3) is 0.600. The standard InChI is InChI=1S/C15H24N2O/c1-12(2)16-9-10-17(13(3)11-16)14-5-7-15(18-4)8-6-14/h5-8,12-13H,9-11H2,1-4H3. The van der Waals surface area contributed by atoms with Crippen LogP contribution >= 0.6 is 0 Å². The fourth-order valence-electron chi connectivity index (χ4n) is 2.61. The summed E-state index contributed by atoms with van der Waals surface area (Å²) in [6.07, 6.45) is 0. The molecule has 1 unspecified atom stereocenters. The number of benzene rings is 1. The van der Waals surface area contributed by atoms with Crippen LogP contribution in [0.25, 0.3) is 0 Å². The van der Waals surface area contributed by atoms with Gasteiger partial charge in [0.05, 0.1) is 7.11 Å². The number of methoxy groups -OCH3 is 1. The minimum Gasteiger partial charge on any atom is -0.497 e. The Balaban J connectivity index is 2.05. The van der Waals surface area contributed by atoms with E-state index in [1.807, 2.05) is 12.1 Å². The van der Waals surface area contributed by atoms with Gasteiger partial charge in [0.2, 0.25) is 0 Å². The van der Waals surface area contributed by atoms with Crippen LogP contribution < -0.4 is 9.64 Å². The Hall–Kier alpha value is -1.22. The lowest BCUT2D eigenvalue weighted by molar-refractivity contribution is 0.185. The highest BCUT2D eigenvalue weighted by atomic mass is 16.5. The third-order valence-corrected chi connectivity index (χ3v) is 3.79. The lowest BCUT2D eigenvalue weighted by Crippen LogP contribution is -2.53. The van der Waals surface area contributed by atoms with E-state index in [1.54, 1.807) is 7.11 Å². The summed E-state index contributed by atoms with van der Waals surface area (Å²) in [5.74, 6) is 0.923. The number of rotatable bonds is 3. The monoisotopic (exact) mass is 248 g/mol. The minimum absolute atomic E-state index is 0.564. The van der Waals surface area contributed by atoms with Gasteiger partial charge in [0, 0.05) is 37.4 Å². The van der Waals surface area contributed by atoms with Crippen LogP contribution in [-0.4, -0.2) is 43.7 Å². The SMILES string of the molecule is COc1ccc(N2CCN(C(C)C)CC2C)cc1. The number of piperazine rings is 1. The van der Waals surface area contributed by atoms with E-state index in [2.05, 4.69) is 42.7 Å². The smallest absolute Gasteiger partial charge is 0.119 e. The average Bonchev–Trinajstić information content (AvgIpc) is 2.38. The number of hydrogen-bond acceptors (Lipinski definition) is 3. The maximum Gasteiger partial charge on any atom is 0.119 e. The van der Waals surface area contributed by atoms with Gasteiger partial charge in [-0.1, -0.05) is 0 Å². The summed E-state index contributed by atoms with van der Waals surface area (Å²) < 4.78 is 5.21. The Labute approximate surface area is 110 Å². The van der Waals surface area contributed by atoms with Crippen molar-refractivity contribution in [2.75, 3.05) is 31.6 Å². The Morgan fingerprint density at radius 2 is 1.83 bits per heavy atom. The van der Waals surface area contributed by atoms with Gasteiger partial charge in [-0.3, -0.25) is 4.90 Å². The molecule has 0 spiro atoms. The highest BCUT2D eigenvalue weighted by molar-refractivity contribution is 5.50. The van der Waals surface area contributed by atoms with E-state index in [9.17, 15) is 0 Å². The van der Waals surface area contributed by atoms with Crippen LogP contribution in [0.3, 0.4) is 0 Å². The molecule has 1 aromatic carbocycles. The summed E-state index contributed by atoms with van der Waals surface area (Å²) in [7, 11) is 1.71. The van der Waals surface area contributed by atoms with Gasteiger partial charge >= 0.3 is 0 Å². The number of ether oxygens (including phenoxy) is 1. The van der Waals surface area contributed by atoms with Crippen molar-refractivity contribution >= 4 is 5.69 Å². The van der Waals surface area contributed by atoms with Gasteiger partial charge in [0.15, 0.2) is 0 Å². The summed E-state index contributed by atoms with van der Waals surface area (Å²) in [5, 5.41) is 0. The van der Waals surface area contributed by atoms with Crippen LogP contribution in [0.2, 0.25) is 0 Å². The van der Waals surface area contributed by atoms with Gasteiger partial charge in [-0.25, -0.2) is 0 Å². The molecule has 100 valence electrons. The van der Waals surface area contributed by atoms with Crippen molar-refractivity contribution in [1.29, 1.82) is 0 Å². The van der Waals surface area contributed by atoms with Gasteiger partial charge in [-0.2, -0.15) is 0 Å². The Morgan fingerprint density at radius 3 is 2.33 bits per heavy atom. The van der Waals surface area contributed by atoms with Crippen molar-refractivity contribution in [1.82, 2.24) is 4.90 Å². The topological polar surface area (TPSA) is 15.7 Å². The Bertz CT molecular complexity index is 375. The van der Waals surface area contributed by atoms with Crippen molar-refractivity contribution < 1.29 is 4.74 Å². The first-order valence-corrected chi connectivity index (χ1v) is 6.76. The molecule has 0 radical (unpaired) electrons. The summed E-state index contributed by atoms with van der Waals surface area (Å²) in [6.45, 7) is 10.2. The third-order valence-electron chi connectivity index (χ3n) is 3.79. The van der Waals surface area contributed by atoms with Crippen LogP contribution in [0, 0.1) is 0 Å². The first kappa shape index (κ1) is 13.2. The predicted molar refractivity (Wildman–Crippen MR) is 76.5 cm³/mol. The number of anilines is 1. The molecule has 1 heterocycles. The van der Waals surface area contributed by atoms with Crippen molar-refractivity contribution in [3.63, 3.8) is 0 Å². The maximum atomic E-state index is 5.21. The van der Waals surface area contributed by atoms with Crippen molar-refractivity contribution in [3.8, 4) is 5.75 Å². The molecular formula is C15H24N2O. The second-order valence-electron chi connectivity index (χ2n) is 5.33. The predicted octanol–water partition coefficient (Wildman–Crippen LogP) is 2.61. The van der Waals surface area contributed by atoms with Crippen LogP contribution in [0.15, 0.2) is 24.3 Å². The Kier molecular flexibility index (Phi) is 4.12. The second-order valence-corrected chi connectivity index (χ2v) is 5.33. The molecular weight excluding hydrogens is 224 g/mol. The van der Waals surface area contributed by atoms with Crippen LogP contribution in [0.1, 0.15) is 20.8 Å². The molecule has 1 fully saturated rings. The van der Waals surface area contributed by atoms with Crippen LogP contribution in [0.5, 0.6) is 5.75 Å². The molecule has 1 aliphatic heterocycles. The average molecular weight is 248 g/mol. The molecule has 0 saturated carbocycles. The summed E-state index contributed by atoms with van der Waals surface area (Å²) in [5.41, 5.74) is 1.30. The minimum atomic E-state index is 0.564. The largest absolute Gasteiger partial charge is 0.497 e. The quantitative estimate of drug-likeness (QED) is 0.818. The zero-order valence-corrected chi connectivity index (χ0v) is 11.9. The molecule has 3 nitrogen and oxygen atoms in total. The van der Waals surface area contributed by atoms with Crippen molar-refractivity contribution in [2.24, 2.45) is 0 Å². The molecule has 0 N–H and O–H groups in total. The fourth-order valence-corrected chi connectivity index (χ4v) is 2.61. The van der Waals surface area contributed by atoms with E-state index in [1.165, 1.54) is 5.69 Å². The van der Waals surface area contributed by atoms with Gasteiger partial charge in [0.25, 0.3) is 0 Å². The second kappa shape index (κ2) is 5.61. The molecule has 0 amide bonds. The third kappa shape index (κ3) is 2.78.